The second-order valence-corrected chi connectivity index (χ2v) is 5.45. The Balaban J connectivity index is 0.00000220. The maximum Gasteiger partial charge on any atom is 0.255 e. The third kappa shape index (κ3) is 4.95. The summed E-state index contributed by atoms with van der Waals surface area (Å²) < 4.78 is 0. The number of likely N-dealkylation sites (N-methyl/N-ethyl adjacent to an activating group) is 2. The van der Waals surface area contributed by atoms with Crippen molar-refractivity contribution in [3.8, 4) is 11.3 Å². The Morgan fingerprint density at radius 2 is 2.05 bits per heavy atom. The van der Waals surface area contributed by atoms with Gasteiger partial charge < -0.3 is 10.2 Å². The number of carbonyl (C=O) groups is 1. The number of aromatic nitrogens is 1. The van der Waals surface area contributed by atoms with Gasteiger partial charge in [0.25, 0.3) is 5.91 Å². The van der Waals surface area contributed by atoms with Crippen molar-refractivity contribution < 1.29 is 4.79 Å². The average Bonchev–Trinajstić information content (AvgIpc) is 2.98. The molecule has 22 heavy (non-hydrogen) atoms. The zero-order valence-corrected chi connectivity index (χ0v) is 15.3. The van der Waals surface area contributed by atoms with Gasteiger partial charge in [-0.05, 0) is 37.6 Å². The number of nitrogens with one attached hydrogen (secondary N) is 1. The number of halogens is 2. The molecule has 2 aromatic rings. The maximum absolute atomic E-state index is 12.3. The van der Waals surface area contributed by atoms with Crippen LogP contribution in [0.2, 0.25) is 0 Å². The molecule has 2 aromatic heterocycles. The Bertz CT molecular complexity index is 590. The first kappa shape index (κ1) is 20.9. The SMILES string of the molecule is CNCCN(C)C(=O)c1ccc(-c2ccsc2)nc1C.Cl.Cl. The van der Waals surface area contributed by atoms with Crippen LogP contribution in [0.3, 0.4) is 0 Å². The van der Waals surface area contributed by atoms with E-state index in [0.29, 0.717) is 12.1 Å². The summed E-state index contributed by atoms with van der Waals surface area (Å²) >= 11 is 1.64. The van der Waals surface area contributed by atoms with Gasteiger partial charge in [-0.15, -0.1) is 24.8 Å². The standard InChI is InChI=1S/C15H19N3OS.2ClH/c1-11-13(15(19)18(3)8-7-16-2)4-5-14(17-11)12-6-9-20-10-12;;/h4-6,9-10,16H,7-8H2,1-3H3;2*1H. The van der Waals surface area contributed by atoms with Crippen molar-refractivity contribution >= 4 is 42.1 Å². The van der Waals surface area contributed by atoms with Gasteiger partial charge in [-0.25, -0.2) is 0 Å². The molecule has 0 aliphatic carbocycles. The van der Waals surface area contributed by atoms with Crippen LogP contribution in [-0.2, 0) is 0 Å². The molecular formula is C15H21Cl2N3OS. The van der Waals surface area contributed by atoms with E-state index < -0.39 is 0 Å². The van der Waals surface area contributed by atoms with Crippen molar-refractivity contribution in [2.75, 3.05) is 27.2 Å². The molecule has 0 bridgehead atoms. The Morgan fingerprint density at radius 1 is 1.32 bits per heavy atom. The van der Waals surface area contributed by atoms with Crippen LogP contribution < -0.4 is 5.32 Å². The monoisotopic (exact) mass is 361 g/mol. The lowest BCUT2D eigenvalue weighted by molar-refractivity contribution is 0.0795. The smallest absolute Gasteiger partial charge is 0.255 e. The van der Waals surface area contributed by atoms with E-state index in [9.17, 15) is 4.79 Å². The first-order valence-corrected chi connectivity index (χ1v) is 7.48. The molecule has 2 rings (SSSR count). The van der Waals surface area contributed by atoms with Gasteiger partial charge in [0.2, 0.25) is 0 Å². The lowest BCUT2D eigenvalue weighted by Crippen LogP contribution is -2.33. The molecule has 0 aliphatic rings. The highest BCUT2D eigenvalue weighted by Gasteiger charge is 2.15. The van der Waals surface area contributed by atoms with E-state index in [0.717, 1.165) is 23.5 Å². The lowest BCUT2D eigenvalue weighted by Gasteiger charge is -2.18. The second kappa shape index (κ2) is 9.79. The molecule has 122 valence electrons. The molecule has 0 unspecified atom stereocenters. The van der Waals surface area contributed by atoms with Gasteiger partial charge in [0.05, 0.1) is 17.0 Å². The van der Waals surface area contributed by atoms with Crippen LogP contribution in [0.1, 0.15) is 16.1 Å². The summed E-state index contributed by atoms with van der Waals surface area (Å²) in [7, 11) is 3.69. The van der Waals surface area contributed by atoms with Crippen molar-refractivity contribution in [2.45, 2.75) is 6.92 Å². The van der Waals surface area contributed by atoms with E-state index in [1.807, 2.05) is 44.6 Å². The minimum Gasteiger partial charge on any atom is -0.340 e. The molecular weight excluding hydrogens is 341 g/mol. The van der Waals surface area contributed by atoms with Gasteiger partial charge in [0, 0.05) is 31.1 Å². The number of aryl methyl sites for hydroxylation is 1. The summed E-state index contributed by atoms with van der Waals surface area (Å²) in [4.78, 5) is 18.6. The van der Waals surface area contributed by atoms with Gasteiger partial charge in [-0.2, -0.15) is 11.3 Å². The van der Waals surface area contributed by atoms with Crippen LogP contribution in [0.5, 0.6) is 0 Å². The van der Waals surface area contributed by atoms with Gasteiger partial charge >= 0.3 is 0 Å². The Labute approximate surface area is 147 Å². The zero-order valence-electron chi connectivity index (χ0n) is 12.8. The van der Waals surface area contributed by atoms with Gasteiger partial charge in [0.15, 0.2) is 0 Å². The fourth-order valence-electron chi connectivity index (χ4n) is 1.94. The number of hydrogen-bond donors (Lipinski definition) is 1. The first-order chi connectivity index (χ1) is 9.63. The molecule has 1 N–H and O–H groups in total. The van der Waals surface area contributed by atoms with Crippen molar-refractivity contribution in [1.82, 2.24) is 15.2 Å². The topological polar surface area (TPSA) is 45.2 Å². The predicted molar refractivity (Wildman–Crippen MR) is 97.7 cm³/mol. The number of thiophene rings is 1. The average molecular weight is 362 g/mol. The molecule has 7 heteroatoms. The van der Waals surface area contributed by atoms with E-state index in [4.69, 9.17) is 0 Å². The fraction of sp³-hybridized carbons (Fsp3) is 0.333. The minimum absolute atomic E-state index is 0. The summed E-state index contributed by atoms with van der Waals surface area (Å²) in [5.74, 6) is 0.0159. The molecule has 0 spiro atoms. The number of hydrogen-bond acceptors (Lipinski definition) is 4. The largest absolute Gasteiger partial charge is 0.340 e. The highest BCUT2D eigenvalue weighted by molar-refractivity contribution is 7.08. The molecule has 0 saturated carbocycles. The highest BCUT2D eigenvalue weighted by atomic mass is 35.5. The van der Waals surface area contributed by atoms with E-state index in [1.54, 1.807) is 16.2 Å². The first-order valence-electron chi connectivity index (χ1n) is 6.53. The van der Waals surface area contributed by atoms with Crippen LogP contribution in [0.4, 0.5) is 0 Å². The van der Waals surface area contributed by atoms with Gasteiger partial charge in [-0.1, -0.05) is 0 Å². The van der Waals surface area contributed by atoms with Gasteiger partial charge in [0.1, 0.15) is 0 Å². The molecule has 0 radical (unpaired) electrons. The third-order valence-electron chi connectivity index (χ3n) is 3.18. The minimum atomic E-state index is 0. The number of carbonyl (C=O) groups excluding carboxylic acids is 1. The second-order valence-electron chi connectivity index (χ2n) is 4.67. The lowest BCUT2D eigenvalue weighted by atomic mass is 10.1. The Kier molecular flexibility index (Phi) is 9.28. The molecule has 2 heterocycles. The quantitative estimate of drug-likeness (QED) is 0.888. The molecule has 0 fully saturated rings. The third-order valence-corrected chi connectivity index (χ3v) is 3.86. The van der Waals surface area contributed by atoms with Crippen molar-refractivity contribution in [3.63, 3.8) is 0 Å². The van der Waals surface area contributed by atoms with Gasteiger partial charge in [-0.3, -0.25) is 9.78 Å². The van der Waals surface area contributed by atoms with Crippen molar-refractivity contribution in [1.29, 1.82) is 0 Å². The fourth-order valence-corrected chi connectivity index (χ4v) is 2.59. The zero-order chi connectivity index (χ0) is 14.5. The van der Waals surface area contributed by atoms with Crippen molar-refractivity contribution in [3.05, 3.63) is 40.2 Å². The van der Waals surface area contributed by atoms with Crippen LogP contribution in [-0.4, -0.2) is 43.0 Å². The predicted octanol–water partition coefficient (Wildman–Crippen LogP) is 3.25. The number of pyridine rings is 1. The summed E-state index contributed by atoms with van der Waals surface area (Å²) in [6.07, 6.45) is 0. The number of rotatable bonds is 5. The van der Waals surface area contributed by atoms with E-state index in [-0.39, 0.29) is 30.7 Å². The van der Waals surface area contributed by atoms with Crippen LogP contribution in [0.25, 0.3) is 11.3 Å². The summed E-state index contributed by atoms with van der Waals surface area (Å²) in [6.45, 7) is 3.35. The molecule has 0 atom stereocenters. The van der Waals surface area contributed by atoms with E-state index in [2.05, 4.69) is 15.7 Å². The van der Waals surface area contributed by atoms with Crippen LogP contribution in [0, 0.1) is 6.92 Å². The highest BCUT2D eigenvalue weighted by Crippen LogP contribution is 2.21. The molecule has 0 saturated heterocycles. The molecule has 4 nitrogen and oxygen atoms in total. The molecule has 0 aliphatic heterocycles. The molecule has 0 aromatic carbocycles. The molecule has 1 amide bonds. The summed E-state index contributed by atoms with van der Waals surface area (Å²) in [6, 6.07) is 5.81. The number of amides is 1. The summed E-state index contributed by atoms with van der Waals surface area (Å²) in [5.41, 5.74) is 3.46. The Morgan fingerprint density at radius 3 is 2.59 bits per heavy atom. The van der Waals surface area contributed by atoms with E-state index in [1.165, 1.54) is 0 Å². The van der Waals surface area contributed by atoms with E-state index >= 15 is 0 Å². The van der Waals surface area contributed by atoms with Crippen LogP contribution in [0.15, 0.2) is 29.0 Å². The van der Waals surface area contributed by atoms with Crippen molar-refractivity contribution in [2.24, 2.45) is 0 Å². The number of nitrogens with zero attached hydrogens (tertiary/aromatic N) is 2. The summed E-state index contributed by atoms with van der Waals surface area (Å²) in [5, 5.41) is 7.12. The normalized spacial score (nSPS) is 9.59. The van der Waals surface area contributed by atoms with Crippen LogP contribution >= 0.6 is 36.2 Å². The maximum atomic E-state index is 12.3. The Hall–Kier alpha value is -1.14.